The standard InChI is InChI=1S/C14H33N3O/c1-6-8-15-14(3,13-18)12-17(9-7-2)11-10-16(4)5/h15,18H,6-13H2,1-5H3. The molecule has 0 spiro atoms. The van der Waals surface area contributed by atoms with Gasteiger partial charge in [0.05, 0.1) is 12.1 Å². The zero-order valence-electron chi connectivity index (χ0n) is 13.0. The van der Waals surface area contributed by atoms with Crippen LogP contribution in [-0.2, 0) is 0 Å². The third-order valence-electron chi connectivity index (χ3n) is 3.13. The van der Waals surface area contributed by atoms with Gasteiger partial charge in [0.25, 0.3) is 0 Å². The van der Waals surface area contributed by atoms with E-state index in [9.17, 15) is 5.11 Å². The fourth-order valence-corrected chi connectivity index (χ4v) is 2.01. The molecule has 0 fully saturated rings. The van der Waals surface area contributed by atoms with Gasteiger partial charge in [0.2, 0.25) is 0 Å². The van der Waals surface area contributed by atoms with Crippen LogP contribution >= 0.6 is 0 Å². The maximum Gasteiger partial charge on any atom is 0.0623 e. The van der Waals surface area contributed by atoms with Gasteiger partial charge in [0.15, 0.2) is 0 Å². The molecular weight excluding hydrogens is 226 g/mol. The van der Waals surface area contributed by atoms with Crippen LogP contribution in [0.1, 0.15) is 33.6 Å². The molecule has 0 rings (SSSR count). The summed E-state index contributed by atoms with van der Waals surface area (Å²) in [4.78, 5) is 4.65. The number of hydrogen-bond acceptors (Lipinski definition) is 4. The second kappa shape index (κ2) is 9.73. The van der Waals surface area contributed by atoms with Gasteiger partial charge >= 0.3 is 0 Å². The van der Waals surface area contributed by atoms with Crippen molar-refractivity contribution < 1.29 is 5.11 Å². The first-order valence-electron chi connectivity index (χ1n) is 7.20. The van der Waals surface area contributed by atoms with Gasteiger partial charge in [0.1, 0.15) is 0 Å². The maximum atomic E-state index is 9.61. The molecule has 0 aliphatic rings. The summed E-state index contributed by atoms with van der Waals surface area (Å²) in [5.74, 6) is 0. The summed E-state index contributed by atoms with van der Waals surface area (Å²) in [5.41, 5.74) is -0.183. The lowest BCUT2D eigenvalue weighted by molar-refractivity contribution is 0.115. The van der Waals surface area contributed by atoms with E-state index in [-0.39, 0.29) is 12.1 Å². The van der Waals surface area contributed by atoms with Gasteiger partial charge in [0, 0.05) is 19.6 Å². The highest BCUT2D eigenvalue weighted by Crippen LogP contribution is 2.07. The normalized spacial score (nSPS) is 15.3. The average Bonchev–Trinajstić information content (AvgIpc) is 2.34. The molecule has 110 valence electrons. The van der Waals surface area contributed by atoms with Crippen molar-refractivity contribution in [2.45, 2.75) is 39.2 Å². The molecule has 0 aromatic heterocycles. The molecule has 0 aromatic rings. The zero-order chi connectivity index (χ0) is 14.0. The molecule has 0 heterocycles. The van der Waals surface area contributed by atoms with E-state index >= 15 is 0 Å². The molecule has 18 heavy (non-hydrogen) atoms. The van der Waals surface area contributed by atoms with Gasteiger partial charge in [-0.15, -0.1) is 0 Å². The van der Waals surface area contributed by atoms with Gasteiger partial charge in [-0.05, 0) is 47.0 Å². The van der Waals surface area contributed by atoms with Crippen molar-refractivity contribution in [3.8, 4) is 0 Å². The molecule has 0 saturated heterocycles. The predicted molar refractivity (Wildman–Crippen MR) is 79.1 cm³/mol. The lowest BCUT2D eigenvalue weighted by atomic mass is 10.0. The Balaban J connectivity index is 4.31. The molecule has 0 aliphatic heterocycles. The van der Waals surface area contributed by atoms with E-state index in [1.807, 2.05) is 0 Å². The molecule has 0 aliphatic carbocycles. The lowest BCUT2D eigenvalue weighted by Gasteiger charge is -2.35. The fraction of sp³-hybridized carbons (Fsp3) is 1.00. The minimum absolute atomic E-state index is 0.183. The molecular formula is C14H33N3O. The smallest absolute Gasteiger partial charge is 0.0623 e. The second-order valence-corrected chi connectivity index (χ2v) is 5.72. The Bertz CT molecular complexity index is 199. The molecule has 4 nitrogen and oxygen atoms in total. The van der Waals surface area contributed by atoms with E-state index in [0.717, 1.165) is 45.6 Å². The highest BCUT2D eigenvalue weighted by atomic mass is 16.3. The summed E-state index contributed by atoms with van der Waals surface area (Å²) in [7, 11) is 4.20. The van der Waals surface area contributed by atoms with Crippen molar-refractivity contribution in [3.63, 3.8) is 0 Å². The summed E-state index contributed by atoms with van der Waals surface area (Å²) < 4.78 is 0. The molecule has 0 bridgehead atoms. The number of aliphatic hydroxyl groups excluding tert-OH is 1. The van der Waals surface area contributed by atoms with Crippen LogP contribution in [0.15, 0.2) is 0 Å². The first-order chi connectivity index (χ1) is 8.47. The van der Waals surface area contributed by atoms with Gasteiger partial charge in [-0.2, -0.15) is 0 Å². The van der Waals surface area contributed by atoms with Crippen LogP contribution in [0.5, 0.6) is 0 Å². The van der Waals surface area contributed by atoms with Crippen molar-refractivity contribution in [1.29, 1.82) is 0 Å². The SMILES string of the molecule is CCCNC(C)(CO)CN(CCC)CCN(C)C. The summed E-state index contributed by atoms with van der Waals surface area (Å²) in [6.45, 7) is 11.8. The molecule has 0 radical (unpaired) electrons. The minimum atomic E-state index is -0.183. The Morgan fingerprint density at radius 2 is 1.72 bits per heavy atom. The Hall–Kier alpha value is -0.160. The Labute approximate surface area is 113 Å². The summed E-state index contributed by atoms with van der Waals surface area (Å²) in [6, 6.07) is 0. The third-order valence-corrected chi connectivity index (χ3v) is 3.13. The van der Waals surface area contributed by atoms with Crippen LogP contribution in [0.4, 0.5) is 0 Å². The topological polar surface area (TPSA) is 38.7 Å². The van der Waals surface area contributed by atoms with Crippen LogP contribution in [0, 0.1) is 0 Å². The van der Waals surface area contributed by atoms with Crippen LogP contribution in [0.25, 0.3) is 0 Å². The zero-order valence-corrected chi connectivity index (χ0v) is 13.0. The predicted octanol–water partition coefficient (Wildman–Crippen LogP) is 1.01. The van der Waals surface area contributed by atoms with Gasteiger partial charge in [-0.25, -0.2) is 0 Å². The lowest BCUT2D eigenvalue weighted by Crippen LogP contribution is -2.55. The van der Waals surface area contributed by atoms with Crippen molar-refractivity contribution >= 4 is 0 Å². The van der Waals surface area contributed by atoms with E-state index < -0.39 is 0 Å². The third kappa shape index (κ3) is 8.03. The second-order valence-electron chi connectivity index (χ2n) is 5.72. The molecule has 0 aromatic carbocycles. The van der Waals surface area contributed by atoms with E-state index in [4.69, 9.17) is 0 Å². The quantitative estimate of drug-likeness (QED) is 0.581. The number of nitrogens with one attached hydrogen (secondary N) is 1. The van der Waals surface area contributed by atoms with Gasteiger partial charge in [-0.3, -0.25) is 0 Å². The van der Waals surface area contributed by atoms with Crippen LogP contribution in [0.3, 0.4) is 0 Å². The number of hydrogen-bond donors (Lipinski definition) is 2. The summed E-state index contributed by atoms with van der Waals surface area (Å²) >= 11 is 0. The maximum absolute atomic E-state index is 9.61. The Morgan fingerprint density at radius 1 is 1.06 bits per heavy atom. The average molecular weight is 259 g/mol. The van der Waals surface area contributed by atoms with Crippen LogP contribution in [-0.4, -0.2) is 73.9 Å². The van der Waals surface area contributed by atoms with Gasteiger partial charge < -0.3 is 20.2 Å². The van der Waals surface area contributed by atoms with E-state index in [2.05, 4.69) is 50.0 Å². The van der Waals surface area contributed by atoms with Crippen molar-refractivity contribution in [3.05, 3.63) is 0 Å². The van der Waals surface area contributed by atoms with Crippen LogP contribution in [0.2, 0.25) is 0 Å². The first-order valence-corrected chi connectivity index (χ1v) is 7.20. The van der Waals surface area contributed by atoms with Crippen molar-refractivity contribution in [2.24, 2.45) is 0 Å². The highest BCUT2D eigenvalue weighted by molar-refractivity contribution is 4.86. The van der Waals surface area contributed by atoms with Crippen LogP contribution < -0.4 is 5.32 Å². The van der Waals surface area contributed by atoms with E-state index in [0.29, 0.717) is 0 Å². The molecule has 0 saturated carbocycles. The summed E-state index contributed by atoms with van der Waals surface area (Å²) in [5, 5.41) is 13.1. The first kappa shape index (κ1) is 17.8. The molecule has 4 heteroatoms. The summed E-state index contributed by atoms with van der Waals surface area (Å²) in [6.07, 6.45) is 2.25. The minimum Gasteiger partial charge on any atom is -0.394 e. The molecule has 1 unspecified atom stereocenters. The van der Waals surface area contributed by atoms with Crippen molar-refractivity contribution in [1.82, 2.24) is 15.1 Å². The molecule has 2 N–H and O–H groups in total. The number of likely N-dealkylation sites (N-methyl/N-ethyl adjacent to an activating group) is 1. The monoisotopic (exact) mass is 259 g/mol. The fourth-order valence-electron chi connectivity index (χ4n) is 2.01. The van der Waals surface area contributed by atoms with E-state index in [1.54, 1.807) is 0 Å². The van der Waals surface area contributed by atoms with Gasteiger partial charge in [-0.1, -0.05) is 13.8 Å². The molecule has 0 amide bonds. The number of rotatable bonds is 11. The van der Waals surface area contributed by atoms with Crippen molar-refractivity contribution in [2.75, 3.05) is 53.4 Å². The Kier molecular flexibility index (Phi) is 9.64. The number of nitrogens with zero attached hydrogens (tertiary/aromatic N) is 2. The number of aliphatic hydroxyl groups is 1. The molecule has 1 atom stereocenters. The van der Waals surface area contributed by atoms with E-state index in [1.165, 1.54) is 0 Å². The largest absolute Gasteiger partial charge is 0.394 e. The highest BCUT2D eigenvalue weighted by Gasteiger charge is 2.25. The Morgan fingerprint density at radius 3 is 2.17 bits per heavy atom.